The van der Waals surface area contributed by atoms with Crippen LogP contribution in [0.3, 0.4) is 0 Å². The smallest absolute Gasteiger partial charge is 0.227 e. The minimum Gasteiger partial charge on any atom is -0.497 e. The maximum Gasteiger partial charge on any atom is 0.227 e. The molecule has 1 saturated heterocycles. The van der Waals surface area contributed by atoms with E-state index in [9.17, 15) is 9.59 Å². The van der Waals surface area contributed by atoms with Crippen molar-refractivity contribution in [2.45, 2.75) is 39.5 Å². The molecule has 0 aliphatic carbocycles. The number of carbonyl (C=O) groups excluding carboxylic acids is 2. The highest BCUT2D eigenvalue weighted by Crippen LogP contribution is 2.25. The lowest BCUT2D eigenvalue weighted by atomic mass is 10.1. The van der Waals surface area contributed by atoms with Crippen LogP contribution in [0.2, 0.25) is 0 Å². The maximum atomic E-state index is 12.6. The van der Waals surface area contributed by atoms with Gasteiger partial charge in [0.15, 0.2) is 0 Å². The first kappa shape index (κ1) is 21.6. The van der Waals surface area contributed by atoms with E-state index in [0.717, 1.165) is 47.0 Å². The van der Waals surface area contributed by atoms with Crippen LogP contribution in [0.5, 0.6) is 5.75 Å². The van der Waals surface area contributed by atoms with Gasteiger partial charge in [0.05, 0.1) is 18.5 Å². The van der Waals surface area contributed by atoms with E-state index in [-0.39, 0.29) is 11.8 Å². The number of benzene rings is 2. The molecule has 0 spiro atoms. The predicted octanol–water partition coefficient (Wildman–Crippen LogP) is 4.20. The number of rotatable bonds is 7. The number of aryl methyl sites for hydroxylation is 1. The number of hydrogen-bond donors (Lipinski definition) is 1. The van der Waals surface area contributed by atoms with Gasteiger partial charge >= 0.3 is 0 Å². The van der Waals surface area contributed by atoms with Crippen LogP contribution in [-0.2, 0) is 16.0 Å². The van der Waals surface area contributed by atoms with Crippen LogP contribution < -0.4 is 15.0 Å². The third-order valence-electron chi connectivity index (χ3n) is 5.86. The van der Waals surface area contributed by atoms with Gasteiger partial charge < -0.3 is 15.0 Å². The monoisotopic (exact) mass is 432 g/mol. The second kappa shape index (κ2) is 9.26. The third kappa shape index (κ3) is 4.51. The van der Waals surface area contributed by atoms with E-state index in [2.05, 4.69) is 10.4 Å². The highest BCUT2D eigenvalue weighted by Gasteiger charge is 2.22. The summed E-state index contributed by atoms with van der Waals surface area (Å²) in [6.45, 7) is 4.71. The summed E-state index contributed by atoms with van der Waals surface area (Å²) in [6, 6.07) is 15.2. The van der Waals surface area contributed by atoms with E-state index in [1.54, 1.807) is 12.0 Å². The lowest BCUT2D eigenvalue weighted by Crippen LogP contribution is -2.23. The lowest BCUT2D eigenvalue weighted by Gasteiger charge is -2.16. The molecular formula is C25H28N4O3. The zero-order valence-electron chi connectivity index (χ0n) is 18.7. The molecular weight excluding hydrogens is 404 g/mol. The molecule has 0 saturated carbocycles. The second-order valence-corrected chi connectivity index (χ2v) is 8.01. The number of amides is 2. The molecule has 1 aliphatic heterocycles. The molecule has 32 heavy (non-hydrogen) atoms. The van der Waals surface area contributed by atoms with Gasteiger partial charge in [0.2, 0.25) is 11.8 Å². The summed E-state index contributed by atoms with van der Waals surface area (Å²) in [4.78, 5) is 26.4. The summed E-state index contributed by atoms with van der Waals surface area (Å²) in [5, 5.41) is 7.64. The molecule has 7 nitrogen and oxygen atoms in total. The minimum atomic E-state index is -0.0668. The second-order valence-electron chi connectivity index (χ2n) is 8.01. The standard InChI is InChI=1S/C25H28N4O3/c1-17-23(18(2)29(27-17)21-9-5-10-22(16-21)32-3)12-13-24(30)26-19-7-4-8-20(15-19)28-14-6-11-25(28)31/h4-5,7-10,15-16H,6,11-14H2,1-3H3,(H,26,30). The van der Waals surface area contributed by atoms with Gasteiger partial charge in [-0.3, -0.25) is 9.59 Å². The summed E-state index contributed by atoms with van der Waals surface area (Å²) in [7, 11) is 1.64. The Morgan fingerprint density at radius 1 is 1.12 bits per heavy atom. The minimum absolute atomic E-state index is 0.0668. The summed E-state index contributed by atoms with van der Waals surface area (Å²) in [6.07, 6.45) is 2.40. The normalized spacial score (nSPS) is 13.5. The average Bonchev–Trinajstić information content (AvgIpc) is 3.35. The Morgan fingerprint density at radius 2 is 1.91 bits per heavy atom. The van der Waals surface area contributed by atoms with Gasteiger partial charge in [0, 0.05) is 42.5 Å². The van der Waals surface area contributed by atoms with Gasteiger partial charge in [-0.05, 0) is 62.6 Å². The highest BCUT2D eigenvalue weighted by atomic mass is 16.5. The summed E-state index contributed by atoms with van der Waals surface area (Å²) in [5.41, 5.74) is 5.45. The molecule has 0 bridgehead atoms. The molecule has 0 unspecified atom stereocenters. The zero-order chi connectivity index (χ0) is 22.7. The molecule has 166 valence electrons. The van der Waals surface area contributed by atoms with Crippen molar-refractivity contribution in [2.24, 2.45) is 0 Å². The largest absolute Gasteiger partial charge is 0.497 e. The van der Waals surface area contributed by atoms with Crippen molar-refractivity contribution in [3.8, 4) is 11.4 Å². The van der Waals surface area contributed by atoms with Gasteiger partial charge in [-0.2, -0.15) is 5.10 Å². The molecule has 1 fully saturated rings. The SMILES string of the molecule is COc1cccc(-n2nc(C)c(CCC(=O)Nc3cccc(N4CCCC4=O)c3)c2C)c1. The van der Waals surface area contributed by atoms with E-state index in [1.807, 2.05) is 67.1 Å². The number of nitrogens with one attached hydrogen (secondary N) is 1. The van der Waals surface area contributed by atoms with Crippen LogP contribution in [0.1, 0.15) is 36.2 Å². The number of carbonyl (C=O) groups is 2. The molecule has 0 atom stereocenters. The zero-order valence-corrected chi connectivity index (χ0v) is 18.7. The molecule has 2 amide bonds. The molecule has 7 heteroatoms. The molecule has 0 radical (unpaired) electrons. The fourth-order valence-electron chi connectivity index (χ4n) is 4.17. The highest BCUT2D eigenvalue weighted by molar-refractivity contribution is 5.97. The maximum absolute atomic E-state index is 12.6. The van der Waals surface area contributed by atoms with E-state index < -0.39 is 0 Å². The summed E-state index contributed by atoms with van der Waals surface area (Å²) < 4.78 is 7.21. The van der Waals surface area contributed by atoms with Gasteiger partial charge in [-0.1, -0.05) is 12.1 Å². The Kier molecular flexibility index (Phi) is 6.25. The summed E-state index contributed by atoms with van der Waals surface area (Å²) >= 11 is 0. The molecule has 4 rings (SSSR count). The summed E-state index contributed by atoms with van der Waals surface area (Å²) in [5.74, 6) is 0.837. The van der Waals surface area contributed by atoms with Crippen LogP contribution in [0, 0.1) is 13.8 Å². The Labute approximate surface area is 188 Å². The van der Waals surface area contributed by atoms with E-state index in [4.69, 9.17) is 4.74 Å². The van der Waals surface area contributed by atoms with Crippen molar-refractivity contribution in [3.05, 3.63) is 65.5 Å². The fourth-order valence-corrected chi connectivity index (χ4v) is 4.17. The van der Waals surface area contributed by atoms with E-state index in [1.165, 1.54) is 0 Å². The van der Waals surface area contributed by atoms with E-state index >= 15 is 0 Å². The Bertz CT molecular complexity index is 1150. The van der Waals surface area contributed by atoms with Crippen molar-refractivity contribution in [1.82, 2.24) is 9.78 Å². The molecule has 2 aromatic carbocycles. The van der Waals surface area contributed by atoms with Crippen molar-refractivity contribution < 1.29 is 14.3 Å². The van der Waals surface area contributed by atoms with Crippen molar-refractivity contribution >= 4 is 23.2 Å². The van der Waals surface area contributed by atoms with Gasteiger partial charge in [-0.15, -0.1) is 0 Å². The Hall–Kier alpha value is -3.61. The quantitative estimate of drug-likeness (QED) is 0.607. The van der Waals surface area contributed by atoms with Crippen LogP contribution in [0.15, 0.2) is 48.5 Å². The van der Waals surface area contributed by atoms with Crippen LogP contribution >= 0.6 is 0 Å². The van der Waals surface area contributed by atoms with Crippen LogP contribution in [-0.4, -0.2) is 35.2 Å². The number of hydrogen-bond acceptors (Lipinski definition) is 4. The van der Waals surface area contributed by atoms with Gasteiger partial charge in [0.25, 0.3) is 0 Å². The first-order valence-corrected chi connectivity index (χ1v) is 10.9. The average molecular weight is 433 g/mol. The molecule has 2 heterocycles. The number of anilines is 2. The number of methoxy groups -OCH3 is 1. The van der Waals surface area contributed by atoms with Crippen LogP contribution in [0.25, 0.3) is 5.69 Å². The fraction of sp³-hybridized carbons (Fsp3) is 0.320. The number of aromatic nitrogens is 2. The first-order chi connectivity index (χ1) is 15.5. The van der Waals surface area contributed by atoms with Crippen molar-refractivity contribution in [2.75, 3.05) is 23.9 Å². The number of ether oxygens (including phenoxy) is 1. The van der Waals surface area contributed by atoms with Crippen molar-refractivity contribution in [1.29, 1.82) is 0 Å². The predicted molar refractivity (Wildman–Crippen MR) is 125 cm³/mol. The molecule has 1 aromatic heterocycles. The molecule has 1 N–H and O–H groups in total. The number of nitrogens with zero attached hydrogens (tertiary/aromatic N) is 3. The topological polar surface area (TPSA) is 76.5 Å². The third-order valence-corrected chi connectivity index (χ3v) is 5.86. The molecule has 1 aliphatic rings. The van der Waals surface area contributed by atoms with Crippen molar-refractivity contribution in [3.63, 3.8) is 0 Å². The van der Waals surface area contributed by atoms with E-state index in [0.29, 0.717) is 24.9 Å². The Balaban J connectivity index is 1.42. The Morgan fingerprint density at radius 3 is 2.66 bits per heavy atom. The van der Waals surface area contributed by atoms with Gasteiger partial charge in [0.1, 0.15) is 5.75 Å². The lowest BCUT2D eigenvalue weighted by molar-refractivity contribution is -0.117. The first-order valence-electron chi connectivity index (χ1n) is 10.9. The molecule has 3 aromatic rings. The van der Waals surface area contributed by atoms with Crippen LogP contribution in [0.4, 0.5) is 11.4 Å². The van der Waals surface area contributed by atoms with Gasteiger partial charge in [-0.25, -0.2) is 4.68 Å².